The molecule has 0 spiro atoms. The fraction of sp³-hybridized carbons (Fsp3) is 0.531. The van der Waals surface area contributed by atoms with Crippen molar-refractivity contribution in [1.82, 2.24) is 39.4 Å². The Hall–Kier alpha value is -3.92. The van der Waals surface area contributed by atoms with E-state index in [1.165, 1.54) is 13.4 Å². The van der Waals surface area contributed by atoms with Crippen LogP contribution in [-0.4, -0.2) is 104 Å². The van der Waals surface area contributed by atoms with Gasteiger partial charge in [-0.25, -0.2) is 28.4 Å². The van der Waals surface area contributed by atoms with Gasteiger partial charge in [0.15, 0.2) is 6.61 Å². The molecule has 0 radical (unpaired) electrons. The van der Waals surface area contributed by atoms with E-state index >= 15 is 0 Å². The van der Waals surface area contributed by atoms with Gasteiger partial charge in [0.25, 0.3) is 5.88 Å². The highest BCUT2D eigenvalue weighted by atomic mass is 35.5. The monoisotopic (exact) mass is 687 g/mol. The smallest absolute Gasteiger partial charge is 0.304 e. The molecule has 1 saturated heterocycles. The first-order valence-electron chi connectivity index (χ1n) is 16.0. The van der Waals surface area contributed by atoms with Crippen molar-refractivity contribution in [3.63, 3.8) is 0 Å². The van der Waals surface area contributed by atoms with Crippen molar-refractivity contribution in [3.05, 3.63) is 54.5 Å². The molecule has 1 aliphatic carbocycles. The number of ether oxygens (including phenoxy) is 4. The van der Waals surface area contributed by atoms with E-state index in [0.29, 0.717) is 29.0 Å². The number of alkyl halides is 2. The van der Waals surface area contributed by atoms with E-state index in [2.05, 4.69) is 40.1 Å². The minimum absolute atomic E-state index is 0.0493. The Balaban J connectivity index is 1.14. The van der Waals surface area contributed by atoms with Gasteiger partial charge in [-0.05, 0) is 50.3 Å². The zero-order chi connectivity index (χ0) is 33.5. The summed E-state index contributed by atoms with van der Waals surface area (Å²) in [7, 11) is 1.23. The van der Waals surface area contributed by atoms with Gasteiger partial charge in [-0.1, -0.05) is 17.7 Å². The van der Waals surface area contributed by atoms with E-state index in [1.54, 1.807) is 35.7 Å². The highest BCUT2D eigenvalue weighted by molar-refractivity contribution is 6.32. The second-order valence-electron chi connectivity index (χ2n) is 12.1. The number of hydrogen-bond acceptors (Lipinski definition) is 11. The van der Waals surface area contributed by atoms with E-state index < -0.39 is 19.1 Å². The number of rotatable bonds is 14. The van der Waals surface area contributed by atoms with Crippen LogP contribution in [0.3, 0.4) is 0 Å². The summed E-state index contributed by atoms with van der Waals surface area (Å²) in [5.41, 5.74) is 1.93. The lowest BCUT2D eigenvalue weighted by molar-refractivity contribution is -0.0917. The number of benzene rings is 1. The predicted molar refractivity (Wildman–Crippen MR) is 174 cm³/mol. The van der Waals surface area contributed by atoms with Crippen molar-refractivity contribution in [3.8, 4) is 22.8 Å². The number of nitrogens with zero attached hydrogens (tertiary/aromatic N) is 8. The molecule has 16 heteroatoms. The summed E-state index contributed by atoms with van der Waals surface area (Å²) in [6.45, 7) is 4.23. The van der Waals surface area contributed by atoms with Gasteiger partial charge in [0.1, 0.15) is 36.8 Å². The Kier molecular flexibility index (Phi) is 11.0. The lowest BCUT2D eigenvalue weighted by atomic mass is 9.90. The molecule has 258 valence electrons. The van der Waals surface area contributed by atoms with Gasteiger partial charge in [0, 0.05) is 44.2 Å². The van der Waals surface area contributed by atoms with Crippen LogP contribution in [0.15, 0.2) is 49.4 Å². The van der Waals surface area contributed by atoms with Crippen LogP contribution in [0, 0.1) is 0 Å². The maximum Gasteiger partial charge on any atom is 0.304 e. The summed E-state index contributed by atoms with van der Waals surface area (Å²) < 4.78 is 53.9. The maximum atomic E-state index is 14.3. The number of methoxy groups -OCH3 is 1. The second-order valence-corrected chi connectivity index (χ2v) is 12.5. The minimum atomic E-state index is -3.18. The van der Waals surface area contributed by atoms with Crippen LogP contribution >= 0.6 is 11.6 Å². The summed E-state index contributed by atoms with van der Waals surface area (Å²) >= 11 is 6.43. The number of morpholine rings is 1. The molecule has 4 heterocycles. The normalized spacial score (nSPS) is 19.6. The Labute approximate surface area is 282 Å². The first-order chi connectivity index (χ1) is 23.3. The predicted octanol–water partition coefficient (Wildman–Crippen LogP) is 5.27. The average molecular weight is 688 g/mol. The third kappa shape index (κ3) is 8.75. The first-order valence-corrected chi connectivity index (χ1v) is 16.4. The Morgan fingerprint density at radius 2 is 1.81 bits per heavy atom. The summed E-state index contributed by atoms with van der Waals surface area (Å²) in [5, 5.41) is 12.3. The van der Waals surface area contributed by atoms with Crippen molar-refractivity contribution >= 4 is 23.2 Å². The lowest BCUT2D eigenvalue weighted by Crippen LogP contribution is -2.45. The summed E-state index contributed by atoms with van der Waals surface area (Å²) in [4.78, 5) is 15.4. The molecule has 1 aliphatic heterocycles. The number of nitrogens with one attached hydrogen (secondary N) is 1. The Morgan fingerprint density at radius 1 is 1.06 bits per heavy atom. The molecule has 0 amide bonds. The molecule has 0 bridgehead atoms. The summed E-state index contributed by atoms with van der Waals surface area (Å²) in [5.74, 6) is -2.36. The summed E-state index contributed by atoms with van der Waals surface area (Å²) in [6, 6.07) is 6.07. The molecule has 2 aliphatic rings. The molecular weight excluding hydrogens is 648 g/mol. The van der Waals surface area contributed by atoms with Gasteiger partial charge in [0.05, 0.1) is 37.0 Å². The van der Waals surface area contributed by atoms with Gasteiger partial charge < -0.3 is 24.3 Å². The van der Waals surface area contributed by atoms with Gasteiger partial charge in [-0.15, -0.1) is 5.10 Å². The Bertz CT molecular complexity index is 1600. The number of aromatic nitrogens is 7. The van der Waals surface area contributed by atoms with Gasteiger partial charge >= 0.3 is 5.92 Å². The molecule has 1 aromatic carbocycles. The minimum Gasteiger partial charge on any atom is -0.487 e. The zero-order valence-electron chi connectivity index (χ0n) is 27.0. The number of halogens is 3. The Morgan fingerprint density at radius 3 is 2.52 bits per heavy atom. The standard InChI is InChI=1S/C32H40ClF2N9O4/c1-22(16-43-21-36-20-39-43)48-29-13-23(3-8-27(29)33)24-14-37-31(38-15-24)40-28-17-44(41-30(28)47-19-32(34,35)18-45-2)26-6-4-25(5-7-26)42-9-11-46-12-10-42/h3,8,13-15,17,20-22,25-26H,4-7,9-12,16,18-19H2,1-2H3,(H,37,38,40)/t22-,25?,26?/m0/s1. The highest BCUT2D eigenvalue weighted by Crippen LogP contribution is 2.36. The molecule has 3 aromatic heterocycles. The largest absolute Gasteiger partial charge is 0.487 e. The van der Waals surface area contributed by atoms with Crippen molar-refractivity contribution in [2.24, 2.45) is 0 Å². The molecule has 4 aromatic rings. The van der Waals surface area contributed by atoms with Gasteiger partial charge in [0.2, 0.25) is 5.95 Å². The van der Waals surface area contributed by atoms with Crippen molar-refractivity contribution in [1.29, 1.82) is 0 Å². The molecule has 1 atom stereocenters. The van der Waals surface area contributed by atoms with E-state index in [-0.39, 0.29) is 24.0 Å². The van der Waals surface area contributed by atoms with E-state index in [1.807, 2.05) is 23.7 Å². The highest BCUT2D eigenvalue weighted by Gasteiger charge is 2.32. The molecular formula is C32H40ClF2N9O4. The van der Waals surface area contributed by atoms with Gasteiger partial charge in [-0.2, -0.15) is 5.10 Å². The SMILES string of the molecule is COCC(F)(F)COc1nn(C2CCC(N3CCOCC3)CC2)cc1Nc1ncc(-c2ccc(Cl)c(O[C@@H](C)Cn3cncn3)c2)cn1. The van der Waals surface area contributed by atoms with E-state index in [4.69, 9.17) is 25.8 Å². The second kappa shape index (κ2) is 15.5. The lowest BCUT2D eigenvalue weighted by Gasteiger charge is -2.38. The average Bonchev–Trinajstić information content (AvgIpc) is 3.76. The van der Waals surface area contributed by atoms with Crippen LogP contribution in [0.25, 0.3) is 11.1 Å². The van der Waals surface area contributed by atoms with Crippen LogP contribution in [-0.2, 0) is 16.0 Å². The molecule has 1 N–H and O–H groups in total. The molecule has 6 rings (SSSR count). The van der Waals surface area contributed by atoms with Crippen LogP contribution in [0.1, 0.15) is 38.6 Å². The van der Waals surface area contributed by atoms with E-state index in [9.17, 15) is 8.78 Å². The quantitative estimate of drug-likeness (QED) is 0.186. The van der Waals surface area contributed by atoms with Crippen molar-refractivity contribution < 1.29 is 27.7 Å². The molecule has 1 saturated carbocycles. The van der Waals surface area contributed by atoms with Gasteiger partial charge in [-0.3, -0.25) is 9.58 Å². The van der Waals surface area contributed by atoms with Crippen LogP contribution in [0.2, 0.25) is 5.02 Å². The summed E-state index contributed by atoms with van der Waals surface area (Å²) in [6.07, 6.45) is 11.9. The van der Waals surface area contributed by atoms with E-state index in [0.717, 1.165) is 63.1 Å². The topological polar surface area (TPSA) is 127 Å². The fourth-order valence-electron chi connectivity index (χ4n) is 6.09. The third-order valence-corrected chi connectivity index (χ3v) is 8.79. The molecule has 0 unspecified atom stereocenters. The van der Waals surface area contributed by atoms with Crippen LogP contribution in [0.4, 0.5) is 20.4 Å². The molecule has 13 nitrogen and oxygen atoms in total. The van der Waals surface area contributed by atoms with Crippen LogP contribution in [0.5, 0.6) is 11.6 Å². The molecule has 2 fully saturated rings. The number of hydrogen-bond donors (Lipinski definition) is 1. The van der Waals surface area contributed by atoms with Crippen molar-refractivity contribution in [2.45, 2.75) is 63.3 Å². The van der Waals surface area contributed by atoms with Crippen molar-refractivity contribution in [2.75, 3.05) is 51.9 Å². The zero-order valence-corrected chi connectivity index (χ0v) is 27.7. The molecule has 48 heavy (non-hydrogen) atoms. The maximum absolute atomic E-state index is 14.3. The number of anilines is 2. The van der Waals surface area contributed by atoms with Crippen LogP contribution < -0.4 is 14.8 Å². The fourth-order valence-corrected chi connectivity index (χ4v) is 6.25. The first kappa shape index (κ1) is 34.0. The third-order valence-electron chi connectivity index (χ3n) is 8.48.